The Morgan fingerprint density at radius 1 is 1.30 bits per heavy atom. The summed E-state index contributed by atoms with van der Waals surface area (Å²) < 4.78 is 25.1. The molecule has 0 aliphatic carbocycles. The number of nitrogens with zero attached hydrogens (tertiary/aromatic N) is 1. The van der Waals surface area contributed by atoms with Crippen molar-refractivity contribution in [3.05, 3.63) is 23.5 Å². The highest BCUT2D eigenvalue weighted by Gasteiger charge is 2.31. The number of halogens is 2. The van der Waals surface area contributed by atoms with Crippen molar-refractivity contribution in [3.63, 3.8) is 0 Å². The quantitative estimate of drug-likeness (QED) is 0.728. The van der Waals surface area contributed by atoms with E-state index in [1.54, 1.807) is 13.2 Å². The number of ether oxygens (including phenoxy) is 2. The zero-order chi connectivity index (χ0) is 16.1. The van der Waals surface area contributed by atoms with Crippen LogP contribution in [-0.2, 0) is 6.42 Å². The van der Waals surface area contributed by atoms with E-state index in [4.69, 9.17) is 9.47 Å². The Balaban J connectivity index is 0.00000264. The minimum atomic E-state index is -0.293. The lowest BCUT2D eigenvalue weighted by molar-refractivity contribution is 0.0725. The topological polar surface area (TPSA) is 21.7 Å². The van der Waals surface area contributed by atoms with Gasteiger partial charge in [0.25, 0.3) is 0 Å². The maximum atomic E-state index is 14.0. The largest absolute Gasteiger partial charge is 0.496 e. The Bertz CT molecular complexity index is 494. The van der Waals surface area contributed by atoms with E-state index in [-0.39, 0.29) is 24.3 Å². The first kappa shape index (κ1) is 20.0. The van der Waals surface area contributed by atoms with Gasteiger partial charge < -0.3 is 9.47 Å². The number of hydrogen-bond acceptors (Lipinski definition) is 3. The maximum Gasteiger partial charge on any atom is 0.165 e. The highest BCUT2D eigenvalue weighted by molar-refractivity contribution is 5.85. The molecule has 1 heterocycles. The number of fused-ring (bicyclic) bond motifs is 1. The van der Waals surface area contributed by atoms with Gasteiger partial charge in [-0.25, -0.2) is 4.39 Å². The molecule has 0 radical (unpaired) electrons. The van der Waals surface area contributed by atoms with E-state index in [9.17, 15) is 4.39 Å². The van der Waals surface area contributed by atoms with E-state index < -0.39 is 0 Å². The van der Waals surface area contributed by atoms with E-state index >= 15 is 0 Å². The molecule has 0 saturated carbocycles. The van der Waals surface area contributed by atoms with Gasteiger partial charge in [0.1, 0.15) is 12.4 Å². The van der Waals surface area contributed by atoms with E-state index in [1.807, 2.05) is 0 Å². The maximum absolute atomic E-state index is 14.0. The van der Waals surface area contributed by atoms with Crippen LogP contribution in [0.3, 0.4) is 0 Å². The summed E-state index contributed by atoms with van der Waals surface area (Å²) in [7, 11) is 1.63. The van der Waals surface area contributed by atoms with Gasteiger partial charge in [-0.1, -0.05) is 20.8 Å². The van der Waals surface area contributed by atoms with Crippen LogP contribution < -0.4 is 9.47 Å². The third-order valence-electron chi connectivity index (χ3n) is 4.61. The second-order valence-corrected chi connectivity index (χ2v) is 5.93. The number of hydrogen-bond donors (Lipinski definition) is 0. The van der Waals surface area contributed by atoms with Gasteiger partial charge in [-0.3, -0.25) is 4.90 Å². The average Bonchev–Trinajstić information content (AvgIpc) is 2.55. The van der Waals surface area contributed by atoms with Crippen LogP contribution in [0.25, 0.3) is 0 Å². The van der Waals surface area contributed by atoms with Crippen LogP contribution in [0.1, 0.15) is 45.6 Å². The molecule has 0 unspecified atom stereocenters. The molecule has 2 rings (SSSR count). The Hall–Kier alpha value is -1.00. The normalized spacial score (nSPS) is 16.7. The fourth-order valence-corrected chi connectivity index (χ4v) is 3.49. The highest BCUT2D eigenvalue weighted by atomic mass is 35.5. The smallest absolute Gasteiger partial charge is 0.165 e. The van der Waals surface area contributed by atoms with Crippen LogP contribution >= 0.6 is 12.4 Å². The second kappa shape index (κ2) is 9.33. The third kappa shape index (κ3) is 4.30. The summed E-state index contributed by atoms with van der Waals surface area (Å²) in [6, 6.07) is 3.95. The summed E-state index contributed by atoms with van der Waals surface area (Å²) in [6.07, 6.45) is 4.15. The summed E-state index contributed by atoms with van der Waals surface area (Å²) in [6.45, 7) is 8.26. The molecule has 1 aromatic carbocycles. The van der Waals surface area contributed by atoms with Gasteiger partial charge >= 0.3 is 0 Å². The molecule has 0 bridgehead atoms. The van der Waals surface area contributed by atoms with Gasteiger partial charge in [0.15, 0.2) is 11.6 Å². The molecule has 0 aromatic heterocycles. The molecule has 1 aliphatic heterocycles. The van der Waals surface area contributed by atoms with Gasteiger partial charge in [0.2, 0.25) is 0 Å². The summed E-state index contributed by atoms with van der Waals surface area (Å²) >= 11 is 0. The zero-order valence-electron chi connectivity index (χ0n) is 14.6. The first-order valence-corrected chi connectivity index (χ1v) is 8.40. The van der Waals surface area contributed by atoms with Crippen molar-refractivity contribution in [1.82, 2.24) is 4.90 Å². The zero-order valence-corrected chi connectivity index (χ0v) is 15.4. The summed E-state index contributed by atoms with van der Waals surface area (Å²) in [5.74, 6) is 0.803. The number of benzene rings is 1. The molecule has 0 amide bonds. The molecule has 23 heavy (non-hydrogen) atoms. The predicted octanol–water partition coefficient (Wildman–Crippen LogP) is 4.46. The van der Waals surface area contributed by atoms with E-state index in [0.717, 1.165) is 43.5 Å². The van der Waals surface area contributed by atoms with Crippen LogP contribution in [0, 0.1) is 5.82 Å². The lowest BCUT2D eigenvalue weighted by Crippen LogP contribution is -2.48. The number of methoxy groups -OCH3 is 1. The molecule has 3 nitrogen and oxygen atoms in total. The molecule has 1 atom stereocenters. The monoisotopic (exact) mass is 345 g/mol. The van der Waals surface area contributed by atoms with E-state index in [0.29, 0.717) is 18.4 Å². The van der Waals surface area contributed by atoms with Crippen LogP contribution in [0.15, 0.2) is 12.1 Å². The van der Waals surface area contributed by atoms with Gasteiger partial charge in [-0.05, 0) is 44.4 Å². The lowest BCUT2D eigenvalue weighted by atomic mass is 9.97. The molecular formula is C18H29ClFNO2. The minimum absolute atomic E-state index is 0. The summed E-state index contributed by atoms with van der Waals surface area (Å²) in [4.78, 5) is 2.54. The molecule has 0 fully saturated rings. The first-order valence-electron chi connectivity index (χ1n) is 8.40. The van der Waals surface area contributed by atoms with Crippen molar-refractivity contribution in [3.8, 4) is 11.5 Å². The fourth-order valence-electron chi connectivity index (χ4n) is 3.49. The standard InChI is InChI=1S/C18H28FNO2.ClH/c1-5-10-20(13(6-2)7-3)14-11-15-17(21-4)9-8-16(19)18(15)22-12-14;/h8-9,13-14H,5-7,10-12H2,1-4H3;1H/t14-;/m1./s1. The predicted molar refractivity (Wildman–Crippen MR) is 94.6 cm³/mol. The fraction of sp³-hybridized carbons (Fsp3) is 0.667. The Morgan fingerprint density at radius 3 is 2.57 bits per heavy atom. The van der Waals surface area contributed by atoms with Crippen molar-refractivity contribution in [2.75, 3.05) is 20.3 Å². The van der Waals surface area contributed by atoms with E-state index in [1.165, 1.54) is 6.07 Å². The van der Waals surface area contributed by atoms with Gasteiger partial charge in [-0.2, -0.15) is 0 Å². The molecule has 0 N–H and O–H groups in total. The van der Waals surface area contributed by atoms with Crippen LogP contribution in [0.4, 0.5) is 4.39 Å². The number of rotatable bonds is 7. The molecule has 1 aliphatic rings. The SMILES string of the molecule is CCCN(C(CC)CC)[C@H]1COc2c(F)ccc(OC)c2C1.Cl. The molecule has 132 valence electrons. The third-order valence-corrected chi connectivity index (χ3v) is 4.61. The molecule has 0 saturated heterocycles. The Kier molecular flexibility index (Phi) is 8.13. The Morgan fingerprint density at radius 2 is 2.00 bits per heavy atom. The molecule has 5 heteroatoms. The van der Waals surface area contributed by atoms with Gasteiger partial charge in [0, 0.05) is 17.6 Å². The lowest BCUT2D eigenvalue weighted by Gasteiger charge is -2.40. The summed E-state index contributed by atoms with van der Waals surface area (Å²) in [5.41, 5.74) is 0.866. The van der Waals surface area contributed by atoms with Crippen LogP contribution in [-0.4, -0.2) is 37.2 Å². The van der Waals surface area contributed by atoms with Crippen LogP contribution in [0.5, 0.6) is 11.5 Å². The van der Waals surface area contributed by atoms with Crippen LogP contribution in [0.2, 0.25) is 0 Å². The summed E-state index contributed by atoms with van der Waals surface area (Å²) in [5, 5.41) is 0. The highest BCUT2D eigenvalue weighted by Crippen LogP contribution is 2.36. The van der Waals surface area contributed by atoms with Crippen molar-refractivity contribution < 1.29 is 13.9 Å². The van der Waals surface area contributed by atoms with E-state index in [2.05, 4.69) is 25.7 Å². The van der Waals surface area contributed by atoms with Gasteiger partial charge in [0.05, 0.1) is 7.11 Å². The minimum Gasteiger partial charge on any atom is -0.496 e. The second-order valence-electron chi connectivity index (χ2n) is 5.93. The molecule has 1 aromatic rings. The Labute approximate surface area is 145 Å². The van der Waals surface area contributed by atoms with Crippen molar-refractivity contribution in [2.45, 2.75) is 58.5 Å². The van der Waals surface area contributed by atoms with Crippen molar-refractivity contribution in [2.24, 2.45) is 0 Å². The van der Waals surface area contributed by atoms with Crippen molar-refractivity contribution in [1.29, 1.82) is 0 Å². The molecular weight excluding hydrogens is 317 g/mol. The first-order chi connectivity index (χ1) is 10.7. The average molecular weight is 346 g/mol. The van der Waals surface area contributed by atoms with Gasteiger partial charge in [-0.15, -0.1) is 12.4 Å². The molecule has 0 spiro atoms. The van der Waals surface area contributed by atoms with Crippen molar-refractivity contribution >= 4 is 12.4 Å².